The molecule has 0 rings (SSSR count). The second-order valence-electron chi connectivity index (χ2n) is 1.61. The van der Waals surface area contributed by atoms with E-state index < -0.39 is 12.3 Å². The van der Waals surface area contributed by atoms with Crippen molar-refractivity contribution in [3.05, 3.63) is 0 Å². The van der Waals surface area contributed by atoms with E-state index in [4.69, 9.17) is 5.41 Å². The summed E-state index contributed by atoms with van der Waals surface area (Å²) in [5.74, 6) is 0. The summed E-state index contributed by atoms with van der Waals surface area (Å²) < 4.78 is 34.2. The minimum absolute atomic E-state index is 0.350. The third-order valence-corrected chi connectivity index (χ3v) is 1.20. The summed E-state index contributed by atoms with van der Waals surface area (Å²) >= 11 is 0.823. The van der Waals surface area contributed by atoms with Gasteiger partial charge in [-0.2, -0.15) is 13.2 Å². The summed E-state index contributed by atoms with van der Waals surface area (Å²) in [6, 6.07) is -1.46. The highest BCUT2D eigenvalue weighted by atomic mass is 32.2. The smallest absolute Gasteiger partial charge is 0.287 e. The lowest BCUT2D eigenvalue weighted by Gasteiger charge is -2.08. The van der Waals surface area contributed by atoms with Gasteiger partial charge in [0.05, 0.1) is 0 Å². The van der Waals surface area contributed by atoms with Crippen molar-refractivity contribution in [2.24, 2.45) is 0 Å². The van der Waals surface area contributed by atoms with Crippen molar-refractivity contribution >= 4 is 23.0 Å². The van der Waals surface area contributed by atoms with Crippen LogP contribution in [-0.4, -0.2) is 23.8 Å². The van der Waals surface area contributed by atoms with Crippen LogP contribution in [0.4, 0.5) is 18.0 Å². The van der Waals surface area contributed by atoms with Gasteiger partial charge in [-0.05, 0) is 6.26 Å². The molecule has 0 heterocycles. The van der Waals surface area contributed by atoms with Crippen molar-refractivity contribution in [1.29, 1.82) is 5.41 Å². The number of nitrogens with one attached hydrogen (secondary N) is 3. The van der Waals surface area contributed by atoms with Gasteiger partial charge in [0, 0.05) is 0 Å². The first-order chi connectivity index (χ1) is 5.35. The Kier molecular flexibility index (Phi) is 3.87. The number of hydrogen-bond donors (Lipinski definition) is 3. The van der Waals surface area contributed by atoms with E-state index in [0.29, 0.717) is 5.32 Å². The Balaban J connectivity index is 3.83. The zero-order chi connectivity index (χ0) is 9.78. The number of carbonyl (C=O) groups is 1. The van der Waals surface area contributed by atoms with Gasteiger partial charge in [0.15, 0.2) is 5.17 Å². The summed E-state index contributed by atoms with van der Waals surface area (Å²) in [7, 11) is 0. The first kappa shape index (κ1) is 11.1. The number of carbonyl (C=O) groups excluding carboxylic acids is 1. The molecule has 0 aliphatic carbocycles. The molecule has 0 fully saturated rings. The zero-order valence-electron chi connectivity index (χ0n) is 5.95. The van der Waals surface area contributed by atoms with Gasteiger partial charge in [0.2, 0.25) is 0 Å². The van der Waals surface area contributed by atoms with Crippen LogP contribution in [0.3, 0.4) is 0 Å². The molecule has 0 aromatic rings. The quantitative estimate of drug-likeness (QED) is 0.312. The molecule has 0 saturated carbocycles. The van der Waals surface area contributed by atoms with Crippen LogP contribution in [0.25, 0.3) is 0 Å². The Morgan fingerprint density at radius 1 is 1.50 bits per heavy atom. The summed E-state index contributed by atoms with van der Waals surface area (Å²) in [5.41, 5.74) is 0. The fourth-order valence-electron chi connectivity index (χ4n) is 0.314. The number of amidine groups is 1. The van der Waals surface area contributed by atoms with Gasteiger partial charge in [-0.1, -0.05) is 11.8 Å². The monoisotopic (exact) mass is 201 g/mol. The molecule has 0 atom stereocenters. The van der Waals surface area contributed by atoms with Crippen LogP contribution in [0.5, 0.6) is 0 Å². The molecule has 0 spiro atoms. The van der Waals surface area contributed by atoms with Crippen LogP contribution in [-0.2, 0) is 0 Å². The minimum Gasteiger partial charge on any atom is -0.287 e. The van der Waals surface area contributed by atoms with Crippen LogP contribution < -0.4 is 10.6 Å². The molecule has 2 amide bonds. The van der Waals surface area contributed by atoms with E-state index in [0.717, 1.165) is 11.8 Å². The van der Waals surface area contributed by atoms with Gasteiger partial charge < -0.3 is 0 Å². The van der Waals surface area contributed by atoms with Crippen LogP contribution in [0.1, 0.15) is 0 Å². The number of halogens is 3. The van der Waals surface area contributed by atoms with Crippen molar-refractivity contribution in [3.8, 4) is 0 Å². The highest BCUT2D eigenvalue weighted by Crippen LogP contribution is 2.08. The van der Waals surface area contributed by atoms with Crippen LogP contribution >= 0.6 is 11.8 Å². The van der Waals surface area contributed by atoms with Crippen molar-refractivity contribution in [1.82, 2.24) is 10.6 Å². The second kappa shape index (κ2) is 4.19. The molecule has 12 heavy (non-hydrogen) atoms. The summed E-state index contributed by atoms with van der Waals surface area (Å²) in [6.45, 7) is 0. The van der Waals surface area contributed by atoms with Crippen molar-refractivity contribution in [2.45, 2.75) is 6.30 Å². The van der Waals surface area contributed by atoms with Gasteiger partial charge in [-0.15, -0.1) is 0 Å². The van der Waals surface area contributed by atoms with Crippen LogP contribution in [0.2, 0.25) is 0 Å². The predicted octanol–water partition coefficient (Wildman–Crippen LogP) is 1.10. The van der Waals surface area contributed by atoms with Crippen molar-refractivity contribution < 1.29 is 18.0 Å². The minimum atomic E-state index is -4.76. The van der Waals surface area contributed by atoms with E-state index in [-0.39, 0.29) is 5.17 Å². The number of amides is 2. The van der Waals surface area contributed by atoms with Gasteiger partial charge >= 0.3 is 12.3 Å². The Morgan fingerprint density at radius 3 is 2.33 bits per heavy atom. The Hall–Kier alpha value is -0.920. The molecular formula is C4H6F3N3OS. The molecule has 3 N–H and O–H groups in total. The first-order valence-corrected chi connectivity index (χ1v) is 3.86. The molecule has 0 bridgehead atoms. The lowest BCUT2D eigenvalue weighted by molar-refractivity contribution is -0.145. The van der Waals surface area contributed by atoms with Gasteiger partial charge in [0.1, 0.15) is 0 Å². The maximum absolute atomic E-state index is 11.4. The Bertz CT molecular complexity index is 192. The molecule has 0 aliphatic heterocycles. The van der Waals surface area contributed by atoms with Gasteiger partial charge in [-0.3, -0.25) is 10.7 Å². The third kappa shape index (κ3) is 5.83. The number of thioether (sulfide) groups is 1. The molecule has 0 unspecified atom stereocenters. The average Bonchev–Trinajstić information content (AvgIpc) is 1.82. The van der Waals surface area contributed by atoms with E-state index >= 15 is 0 Å². The highest BCUT2D eigenvalue weighted by Gasteiger charge is 2.30. The first-order valence-electron chi connectivity index (χ1n) is 2.63. The fraction of sp³-hybridized carbons (Fsp3) is 0.500. The number of hydrogen-bond acceptors (Lipinski definition) is 3. The van der Waals surface area contributed by atoms with E-state index in [1.165, 1.54) is 6.26 Å². The van der Waals surface area contributed by atoms with Gasteiger partial charge in [0.25, 0.3) is 0 Å². The third-order valence-electron chi connectivity index (χ3n) is 0.686. The van der Waals surface area contributed by atoms with E-state index in [9.17, 15) is 18.0 Å². The largest absolute Gasteiger partial charge is 0.485 e. The maximum atomic E-state index is 11.4. The van der Waals surface area contributed by atoms with E-state index in [2.05, 4.69) is 0 Å². The maximum Gasteiger partial charge on any atom is 0.485 e. The molecule has 70 valence electrons. The Morgan fingerprint density at radius 2 is 2.00 bits per heavy atom. The predicted molar refractivity (Wildman–Crippen MR) is 39.0 cm³/mol. The fourth-order valence-corrected chi connectivity index (χ4v) is 0.509. The van der Waals surface area contributed by atoms with Gasteiger partial charge in [-0.25, -0.2) is 10.1 Å². The topological polar surface area (TPSA) is 65.0 Å². The summed E-state index contributed by atoms with van der Waals surface area (Å²) in [5, 5.41) is 8.79. The molecule has 0 saturated heterocycles. The SMILES string of the molecule is CSC(=N)NC(=O)NC(F)(F)F. The standard InChI is InChI=1S/C4H6F3N3OS/c1-12-2(8)9-3(11)10-4(5,6)7/h1H3,(H3,8,9,10,11). The van der Waals surface area contributed by atoms with Crippen molar-refractivity contribution in [2.75, 3.05) is 6.26 Å². The number of urea groups is 1. The van der Waals surface area contributed by atoms with E-state index in [1.807, 2.05) is 0 Å². The number of rotatable bonds is 0. The van der Waals surface area contributed by atoms with Crippen LogP contribution in [0.15, 0.2) is 0 Å². The molecule has 0 aromatic carbocycles. The number of alkyl halides is 3. The normalized spacial score (nSPS) is 10.7. The molecule has 4 nitrogen and oxygen atoms in total. The molecule has 8 heteroatoms. The van der Waals surface area contributed by atoms with Crippen LogP contribution in [0, 0.1) is 5.41 Å². The Labute approximate surface area is 70.4 Å². The second-order valence-corrected chi connectivity index (χ2v) is 2.43. The highest BCUT2D eigenvalue weighted by molar-refractivity contribution is 8.13. The molecule has 0 radical (unpaired) electrons. The molecule has 0 aromatic heterocycles. The average molecular weight is 201 g/mol. The lowest BCUT2D eigenvalue weighted by atomic mass is 10.9. The molecule has 0 aliphatic rings. The lowest BCUT2D eigenvalue weighted by Crippen LogP contribution is -2.45. The van der Waals surface area contributed by atoms with Crippen molar-refractivity contribution in [3.63, 3.8) is 0 Å². The van der Waals surface area contributed by atoms with E-state index in [1.54, 1.807) is 5.32 Å². The molecular weight excluding hydrogens is 195 g/mol. The zero-order valence-corrected chi connectivity index (χ0v) is 6.77. The summed E-state index contributed by atoms with van der Waals surface area (Å²) in [4.78, 5) is 10.3. The summed E-state index contributed by atoms with van der Waals surface area (Å²) in [6.07, 6.45) is -3.31.